The molecule has 4 heteroatoms. The van der Waals surface area contributed by atoms with Gasteiger partial charge in [0.1, 0.15) is 0 Å². The van der Waals surface area contributed by atoms with Crippen molar-refractivity contribution in [2.75, 3.05) is 11.4 Å². The molecule has 24 heavy (non-hydrogen) atoms. The fraction of sp³-hybridized carbons (Fsp3) is 0.300. The maximum absolute atomic E-state index is 12.4. The number of benzene rings is 2. The number of anilines is 1. The normalized spacial score (nSPS) is 17.2. The van der Waals surface area contributed by atoms with Crippen LogP contribution in [0.3, 0.4) is 0 Å². The largest absolute Gasteiger partial charge is 0.352 e. The number of nitrogens with zero attached hydrogens (tertiary/aromatic N) is 1. The summed E-state index contributed by atoms with van der Waals surface area (Å²) in [6.07, 6.45) is 0.271. The minimum absolute atomic E-state index is 0.0138. The molecule has 2 aromatic carbocycles. The molecular formula is C20H22N2O2. The van der Waals surface area contributed by atoms with Crippen LogP contribution < -0.4 is 10.2 Å². The molecule has 0 aromatic heterocycles. The summed E-state index contributed by atoms with van der Waals surface area (Å²) in [4.78, 5) is 26.4. The van der Waals surface area contributed by atoms with E-state index < -0.39 is 0 Å². The second-order valence-corrected chi connectivity index (χ2v) is 6.45. The summed E-state index contributed by atoms with van der Waals surface area (Å²) in [5, 5.41) is 2.94. The Hall–Kier alpha value is -2.62. The molecule has 0 spiro atoms. The molecule has 1 heterocycles. The summed E-state index contributed by atoms with van der Waals surface area (Å²) in [5.74, 6) is -0.332. The van der Waals surface area contributed by atoms with Crippen LogP contribution >= 0.6 is 0 Å². The smallest absolute Gasteiger partial charge is 0.227 e. The number of amides is 2. The number of hydrogen-bond donors (Lipinski definition) is 1. The maximum atomic E-state index is 12.4. The third kappa shape index (κ3) is 3.65. The molecule has 1 fully saturated rings. The molecule has 0 saturated carbocycles. The van der Waals surface area contributed by atoms with Crippen molar-refractivity contribution >= 4 is 17.5 Å². The highest BCUT2D eigenvalue weighted by molar-refractivity contribution is 6.00. The van der Waals surface area contributed by atoms with Crippen LogP contribution in [0.25, 0.3) is 0 Å². The molecule has 1 aliphatic rings. The Kier molecular flexibility index (Phi) is 4.65. The van der Waals surface area contributed by atoms with Gasteiger partial charge in [0.2, 0.25) is 11.8 Å². The van der Waals surface area contributed by atoms with Gasteiger partial charge in [0.15, 0.2) is 0 Å². The highest BCUT2D eigenvalue weighted by Gasteiger charge is 2.35. The Morgan fingerprint density at radius 3 is 2.46 bits per heavy atom. The molecule has 0 unspecified atom stereocenters. The second-order valence-electron chi connectivity index (χ2n) is 6.45. The number of carbonyl (C=O) groups excluding carboxylic acids is 2. The van der Waals surface area contributed by atoms with Gasteiger partial charge >= 0.3 is 0 Å². The van der Waals surface area contributed by atoms with E-state index in [1.54, 1.807) is 4.90 Å². The van der Waals surface area contributed by atoms with Gasteiger partial charge in [-0.05, 0) is 42.7 Å². The molecule has 1 N–H and O–H groups in total. The number of aryl methyl sites for hydroxylation is 2. The number of hydrogen-bond acceptors (Lipinski definition) is 2. The third-order valence-electron chi connectivity index (χ3n) is 4.32. The number of nitrogens with one attached hydrogen (secondary N) is 1. The highest BCUT2D eigenvalue weighted by Crippen LogP contribution is 2.27. The zero-order valence-electron chi connectivity index (χ0n) is 14.1. The topological polar surface area (TPSA) is 49.4 Å². The maximum Gasteiger partial charge on any atom is 0.227 e. The van der Waals surface area contributed by atoms with Crippen LogP contribution in [0.5, 0.6) is 0 Å². The first-order valence-corrected chi connectivity index (χ1v) is 8.23. The van der Waals surface area contributed by atoms with E-state index in [1.807, 2.05) is 56.3 Å². The van der Waals surface area contributed by atoms with Crippen LogP contribution in [-0.4, -0.2) is 18.4 Å². The predicted octanol–water partition coefficient (Wildman–Crippen LogP) is 2.97. The van der Waals surface area contributed by atoms with Crippen molar-refractivity contribution in [3.63, 3.8) is 0 Å². The van der Waals surface area contributed by atoms with Crippen LogP contribution in [0.2, 0.25) is 0 Å². The van der Waals surface area contributed by atoms with Crippen molar-refractivity contribution in [3.05, 3.63) is 65.2 Å². The monoisotopic (exact) mass is 322 g/mol. The van der Waals surface area contributed by atoms with Gasteiger partial charge in [-0.3, -0.25) is 9.59 Å². The molecule has 3 rings (SSSR count). The Balaban J connectivity index is 1.64. The molecule has 1 aliphatic heterocycles. The number of rotatable bonds is 4. The van der Waals surface area contributed by atoms with E-state index >= 15 is 0 Å². The zero-order chi connectivity index (χ0) is 17.1. The minimum Gasteiger partial charge on any atom is -0.352 e. The van der Waals surface area contributed by atoms with Gasteiger partial charge in [-0.2, -0.15) is 0 Å². The van der Waals surface area contributed by atoms with Crippen molar-refractivity contribution in [1.29, 1.82) is 0 Å². The van der Waals surface area contributed by atoms with Gasteiger partial charge in [-0.25, -0.2) is 0 Å². The van der Waals surface area contributed by atoms with Gasteiger partial charge in [0, 0.05) is 25.2 Å². The fourth-order valence-corrected chi connectivity index (χ4v) is 3.17. The van der Waals surface area contributed by atoms with Crippen LogP contribution in [0.15, 0.2) is 48.5 Å². The Morgan fingerprint density at radius 2 is 1.79 bits per heavy atom. The molecule has 4 nitrogen and oxygen atoms in total. The first kappa shape index (κ1) is 16.2. The second kappa shape index (κ2) is 6.87. The van der Waals surface area contributed by atoms with E-state index in [0.29, 0.717) is 13.1 Å². The molecule has 2 aromatic rings. The van der Waals surface area contributed by atoms with E-state index in [1.165, 1.54) is 0 Å². The van der Waals surface area contributed by atoms with Crippen LogP contribution in [0.4, 0.5) is 5.69 Å². The molecule has 0 bridgehead atoms. The van der Waals surface area contributed by atoms with Gasteiger partial charge < -0.3 is 10.2 Å². The Labute approximate surface area is 142 Å². The lowest BCUT2D eigenvalue weighted by atomic mass is 10.1. The van der Waals surface area contributed by atoms with Crippen molar-refractivity contribution in [3.8, 4) is 0 Å². The van der Waals surface area contributed by atoms with Crippen molar-refractivity contribution in [2.45, 2.75) is 26.8 Å². The SMILES string of the molecule is Cc1cc(C)cc(N2C[C@@H](C(=O)NCc3ccccc3)CC2=O)c1. The van der Waals surface area contributed by atoms with Crippen LogP contribution in [0.1, 0.15) is 23.1 Å². The average Bonchev–Trinajstić information content (AvgIpc) is 2.95. The molecule has 124 valence electrons. The molecule has 0 radical (unpaired) electrons. The summed E-state index contributed by atoms with van der Waals surface area (Å²) in [5.41, 5.74) is 4.18. The lowest BCUT2D eigenvalue weighted by Crippen LogP contribution is -2.32. The first-order chi connectivity index (χ1) is 11.5. The Morgan fingerprint density at radius 1 is 1.12 bits per heavy atom. The lowest BCUT2D eigenvalue weighted by Gasteiger charge is -2.18. The Bertz CT molecular complexity index is 735. The summed E-state index contributed by atoms with van der Waals surface area (Å²) >= 11 is 0. The molecule has 1 saturated heterocycles. The summed E-state index contributed by atoms with van der Waals surface area (Å²) in [7, 11) is 0. The summed E-state index contributed by atoms with van der Waals surface area (Å²) in [6, 6.07) is 15.9. The quantitative estimate of drug-likeness (QED) is 0.941. The third-order valence-corrected chi connectivity index (χ3v) is 4.32. The zero-order valence-corrected chi connectivity index (χ0v) is 14.1. The van der Waals surface area contributed by atoms with E-state index in [-0.39, 0.29) is 24.2 Å². The minimum atomic E-state index is -0.290. The van der Waals surface area contributed by atoms with E-state index in [4.69, 9.17) is 0 Å². The van der Waals surface area contributed by atoms with Crippen molar-refractivity contribution in [2.24, 2.45) is 5.92 Å². The first-order valence-electron chi connectivity index (χ1n) is 8.23. The van der Waals surface area contributed by atoms with Gasteiger partial charge in [0.05, 0.1) is 5.92 Å². The molecule has 0 aliphatic carbocycles. The van der Waals surface area contributed by atoms with E-state index in [0.717, 1.165) is 22.4 Å². The van der Waals surface area contributed by atoms with E-state index in [2.05, 4.69) is 11.4 Å². The van der Waals surface area contributed by atoms with Crippen LogP contribution in [0, 0.1) is 19.8 Å². The van der Waals surface area contributed by atoms with Gasteiger partial charge in [0.25, 0.3) is 0 Å². The fourth-order valence-electron chi connectivity index (χ4n) is 3.17. The standard InChI is InChI=1S/C20H22N2O2/c1-14-8-15(2)10-18(9-14)22-13-17(11-19(22)23)20(24)21-12-16-6-4-3-5-7-16/h3-10,17H,11-13H2,1-2H3,(H,21,24)/t17-/m0/s1. The summed E-state index contributed by atoms with van der Waals surface area (Å²) < 4.78 is 0. The van der Waals surface area contributed by atoms with Gasteiger partial charge in [-0.15, -0.1) is 0 Å². The van der Waals surface area contributed by atoms with Crippen molar-refractivity contribution in [1.82, 2.24) is 5.32 Å². The highest BCUT2D eigenvalue weighted by atomic mass is 16.2. The van der Waals surface area contributed by atoms with Crippen molar-refractivity contribution < 1.29 is 9.59 Å². The molecular weight excluding hydrogens is 300 g/mol. The molecule has 1 atom stereocenters. The molecule has 2 amide bonds. The summed E-state index contributed by atoms with van der Waals surface area (Å²) in [6.45, 7) is 4.97. The van der Waals surface area contributed by atoms with Crippen LogP contribution in [-0.2, 0) is 16.1 Å². The average molecular weight is 322 g/mol. The van der Waals surface area contributed by atoms with E-state index in [9.17, 15) is 9.59 Å². The lowest BCUT2D eigenvalue weighted by molar-refractivity contribution is -0.126. The predicted molar refractivity (Wildman–Crippen MR) is 94.7 cm³/mol. The number of carbonyl (C=O) groups is 2. The van der Waals surface area contributed by atoms with Gasteiger partial charge in [-0.1, -0.05) is 36.4 Å².